The molecule has 0 radical (unpaired) electrons. The smallest absolute Gasteiger partial charge is 0.131 e. The van der Waals surface area contributed by atoms with E-state index in [9.17, 15) is 0 Å². The van der Waals surface area contributed by atoms with E-state index >= 15 is 0 Å². The van der Waals surface area contributed by atoms with Crippen molar-refractivity contribution in [2.24, 2.45) is 0 Å². The number of rotatable bonds is 3. The third-order valence-corrected chi connectivity index (χ3v) is 3.33. The minimum atomic E-state index is 0.396. The van der Waals surface area contributed by atoms with Gasteiger partial charge in [0.05, 0.1) is 5.69 Å². The maximum absolute atomic E-state index is 4.67. The molecule has 4 heteroatoms. The van der Waals surface area contributed by atoms with Crippen molar-refractivity contribution in [3.8, 4) is 0 Å². The lowest BCUT2D eigenvalue weighted by atomic mass is 10.1. The van der Waals surface area contributed by atoms with Crippen LogP contribution >= 0.6 is 0 Å². The summed E-state index contributed by atoms with van der Waals surface area (Å²) in [4.78, 5) is 9.10. The lowest BCUT2D eigenvalue weighted by Crippen LogP contribution is -2.14. The third-order valence-electron chi connectivity index (χ3n) is 3.33. The highest BCUT2D eigenvalue weighted by Gasteiger charge is 2.17. The molecular weight excluding hydrogens is 236 g/mol. The highest BCUT2D eigenvalue weighted by Crippen LogP contribution is 2.23. The van der Waals surface area contributed by atoms with Gasteiger partial charge in [-0.2, -0.15) is 0 Å². The molecule has 98 valence electrons. The molecule has 3 heterocycles. The molecule has 1 aliphatic heterocycles. The van der Waals surface area contributed by atoms with Crippen LogP contribution in [0.5, 0.6) is 0 Å². The molecule has 0 spiro atoms. The van der Waals surface area contributed by atoms with Gasteiger partial charge in [-0.25, -0.2) is 9.97 Å². The quantitative estimate of drug-likeness (QED) is 0.884. The van der Waals surface area contributed by atoms with Gasteiger partial charge in [-0.15, -0.1) is 0 Å². The van der Waals surface area contributed by atoms with Crippen LogP contribution in [-0.2, 0) is 0 Å². The summed E-state index contributed by atoms with van der Waals surface area (Å²) in [6.07, 6.45) is 2.39. The van der Waals surface area contributed by atoms with Crippen molar-refractivity contribution < 1.29 is 0 Å². The van der Waals surface area contributed by atoms with Crippen molar-refractivity contribution in [3.63, 3.8) is 0 Å². The Hall–Kier alpha value is -1.94. The number of nitrogens with zero attached hydrogens (tertiary/aromatic N) is 2. The molecule has 0 aromatic carbocycles. The van der Waals surface area contributed by atoms with Crippen LogP contribution in [0.3, 0.4) is 0 Å². The second-order valence-electron chi connectivity index (χ2n) is 4.89. The largest absolute Gasteiger partial charge is 0.325 e. The maximum atomic E-state index is 4.67. The molecule has 1 fully saturated rings. The zero-order valence-electron chi connectivity index (χ0n) is 11.1. The average Bonchev–Trinajstić information content (AvgIpc) is 2.93. The number of aromatic nitrogens is 2. The lowest BCUT2D eigenvalue weighted by molar-refractivity contribution is 0.629. The fourth-order valence-corrected chi connectivity index (χ4v) is 2.40. The molecular formula is C15H18N4. The molecule has 2 aromatic heterocycles. The zero-order chi connectivity index (χ0) is 13.1. The molecule has 2 aromatic rings. The maximum Gasteiger partial charge on any atom is 0.131 e. The van der Waals surface area contributed by atoms with Crippen molar-refractivity contribution >= 4 is 11.6 Å². The van der Waals surface area contributed by atoms with Crippen molar-refractivity contribution in [1.29, 1.82) is 0 Å². The average molecular weight is 254 g/mol. The normalized spacial score (nSPS) is 18.5. The summed E-state index contributed by atoms with van der Waals surface area (Å²) in [6, 6.07) is 12.4. The van der Waals surface area contributed by atoms with Crippen molar-refractivity contribution in [3.05, 3.63) is 47.8 Å². The summed E-state index contributed by atoms with van der Waals surface area (Å²) in [5.41, 5.74) is 2.11. The van der Waals surface area contributed by atoms with Crippen LogP contribution in [0.15, 0.2) is 36.4 Å². The minimum absolute atomic E-state index is 0.396. The lowest BCUT2D eigenvalue weighted by Gasteiger charge is -2.11. The van der Waals surface area contributed by atoms with Gasteiger partial charge in [-0.3, -0.25) is 0 Å². The molecule has 0 saturated carbocycles. The Labute approximate surface area is 113 Å². The first-order chi connectivity index (χ1) is 9.31. The van der Waals surface area contributed by atoms with Gasteiger partial charge in [0.1, 0.15) is 11.6 Å². The number of nitrogens with one attached hydrogen (secondary N) is 2. The Morgan fingerprint density at radius 3 is 2.63 bits per heavy atom. The molecule has 0 aliphatic carbocycles. The molecule has 0 amide bonds. The second-order valence-corrected chi connectivity index (χ2v) is 4.89. The molecule has 1 aliphatic rings. The first-order valence-corrected chi connectivity index (χ1v) is 6.72. The number of aryl methyl sites for hydroxylation is 1. The molecule has 19 heavy (non-hydrogen) atoms. The van der Waals surface area contributed by atoms with Gasteiger partial charge in [-0.1, -0.05) is 12.1 Å². The van der Waals surface area contributed by atoms with E-state index < -0.39 is 0 Å². The van der Waals surface area contributed by atoms with E-state index in [1.54, 1.807) is 0 Å². The van der Waals surface area contributed by atoms with Crippen LogP contribution < -0.4 is 10.6 Å². The molecule has 2 N–H and O–H groups in total. The molecule has 1 atom stereocenters. The zero-order valence-corrected chi connectivity index (χ0v) is 11.1. The summed E-state index contributed by atoms with van der Waals surface area (Å²) in [5, 5.41) is 6.73. The fourth-order valence-electron chi connectivity index (χ4n) is 2.40. The number of anilines is 2. The summed E-state index contributed by atoms with van der Waals surface area (Å²) in [6.45, 7) is 3.07. The van der Waals surface area contributed by atoms with E-state index in [1.807, 2.05) is 37.3 Å². The molecule has 1 saturated heterocycles. The van der Waals surface area contributed by atoms with Gasteiger partial charge >= 0.3 is 0 Å². The predicted octanol–water partition coefficient (Wildman–Crippen LogP) is 2.95. The Morgan fingerprint density at radius 1 is 1.11 bits per heavy atom. The van der Waals surface area contributed by atoms with E-state index in [0.717, 1.165) is 29.6 Å². The summed E-state index contributed by atoms with van der Waals surface area (Å²) in [5.74, 6) is 1.69. The second kappa shape index (κ2) is 5.36. The Bertz CT molecular complexity index is 562. The van der Waals surface area contributed by atoms with E-state index in [2.05, 4.69) is 26.7 Å². The summed E-state index contributed by atoms with van der Waals surface area (Å²) >= 11 is 0. The molecule has 0 bridgehead atoms. The van der Waals surface area contributed by atoms with Crippen LogP contribution in [0.4, 0.5) is 11.6 Å². The fraction of sp³-hybridized carbons (Fsp3) is 0.333. The van der Waals surface area contributed by atoms with Crippen molar-refractivity contribution in [2.45, 2.75) is 25.8 Å². The van der Waals surface area contributed by atoms with Gasteiger partial charge in [0.25, 0.3) is 0 Å². The molecule has 1 unspecified atom stereocenters. The van der Waals surface area contributed by atoms with Crippen LogP contribution in [0.25, 0.3) is 0 Å². The van der Waals surface area contributed by atoms with E-state index in [0.29, 0.717) is 6.04 Å². The first kappa shape index (κ1) is 12.1. The van der Waals surface area contributed by atoms with Gasteiger partial charge in [0, 0.05) is 11.7 Å². The predicted molar refractivity (Wildman–Crippen MR) is 76.5 cm³/mol. The first-order valence-electron chi connectivity index (χ1n) is 6.72. The van der Waals surface area contributed by atoms with Crippen molar-refractivity contribution in [2.75, 3.05) is 11.9 Å². The van der Waals surface area contributed by atoms with Gasteiger partial charge < -0.3 is 10.6 Å². The van der Waals surface area contributed by atoms with E-state index in [4.69, 9.17) is 0 Å². The van der Waals surface area contributed by atoms with Gasteiger partial charge in [-0.05, 0) is 50.6 Å². The van der Waals surface area contributed by atoms with Gasteiger partial charge in [0.2, 0.25) is 0 Å². The SMILES string of the molecule is Cc1cccc(Nc2cccc(C3CCCN3)n2)n1. The number of hydrogen-bond donors (Lipinski definition) is 2. The Balaban J connectivity index is 1.79. The highest BCUT2D eigenvalue weighted by molar-refractivity contribution is 5.51. The van der Waals surface area contributed by atoms with Crippen LogP contribution in [-0.4, -0.2) is 16.5 Å². The third kappa shape index (κ3) is 2.90. The monoisotopic (exact) mass is 254 g/mol. The van der Waals surface area contributed by atoms with E-state index in [-0.39, 0.29) is 0 Å². The Kier molecular flexibility index (Phi) is 3.42. The topological polar surface area (TPSA) is 49.8 Å². The minimum Gasteiger partial charge on any atom is -0.325 e. The van der Waals surface area contributed by atoms with E-state index in [1.165, 1.54) is 12.8 Å². The Morgan fingerprint density at radius 2 is 1.89 bits per heavy atom. The standard InChI is InChI=1S/C15H18N4/c1-11-5-2-8-14(17-11)19-15-9-3-6-13(18-15)12-7-4-10-16-12/h2-3,5-6,8-9,12,16H,4,7,10H2,1H3,(H,17,18,19). The van der Waals surface area contributed by atoms with Gasteiger partial charge in [0.15, 0.2) is 0 Å². The summed E-state index contributed by atoms with van der Waals surface area (Å²) in [7, 11) is 0. The summed E-state index contributed by atoms with van der Waals surface area (Å²) < 4.78 is 0. The molecule has 4 nitrogen and oxygen atoms in total. The molecule has 3 rings (SSSR count). The number of hydrogen-bond acceptors (Lipinski definition) is 4. The van der Waals surface area contributed by atoms with Crippen LogP contribution in [0.1, 0.15) is 30.3 Å². The van der Waals surface area contributed by atoms with Crippen LogP contribution in [0, 0.1) is 6.92 Å². The van der Waals surface area contributed by atoms with Crippen molar-refractivity contribution in [1.82, 2.24) is 15.3 Å². The van der Waals surface area contributed by atoms with Crippen LogP contribution in [0.2, 0.25) is 0 Å². The number of pyridine rings is 2. The highest BCUT2D eigenvalue weighted by atomic mass is 15.1.